The molecule has 1 aliphatic carbocycles. The minimum absolute atomic E-state index is 0.112. The molecule has 0 bridgehead atoms. The summed E-state index contributed by atoms with van der Waals surface area (Å²) in [5, 5.41) is 1.64. The van der Waals surface area contributed by atoms with Crippen LogP contribution >= 0.6 is 15.9 Å². The molecule has 136 valence electrons. The van der Waals surface area contributed by atoms with Crippen molar-refractivity contribution in [2.75, 3.05) is 37.7 Å². The van der Waals surface area contributed by atoms with Gasteiger partial charge in [0.1, 0.15) is 0 Å². The van der Waals surface area contributed by atoms with Crippen molar-refractivity contribution < 1.29 is 17.9 Å². The molecule has 2 heterocycles. The zero-order valence-electron chi connectivity index (χ0n) is 13.7. The second-order valence-corrected chi connectivity index (χ2v) is 9.10. The number of anilines is 1. The number of carbonyl (C=O) groups is 1. The topological polar surface area (TPSA) is 79.0 Å². The van der Waals surface area contributed by atoms with Crippen LogP contribution in [0.2, 0.25) is 0 Å². The number of halogens is 1. The van der Waals surface area contributed by atoms with Crippen LogP contribution in [0.25, 0.3) is 0 Å². The lowest BCUT2D eigenvalue weighted by Crippen LogP contribution is -2.48. The van der Waals surface area contributed by atoms with Gasteiger partial charge in [0.15, 0.2) is 0 Å². The van der Waals surface area contributed by atoms with Crippen molar-refractivity contribution >= 4 is 37.5 Å². The van der Waals surface area contributed by atoms with Gasteiger partial charge >= 0.3 is 0 Å². The monoisotopic (exact) mass is 429 g/mol. The van der Waals surface area contributed by atoms with Crippen molar-refractivity contribution in [3.63, 3.8) is 0 Å². The van der Waals surface area contributed by atoms with E-state index in [2.05, 4.69) is 20.8 Å². The van der Waals surface area contributed by atoms with Gasteiger partial charge in [-0.05, 0) is 52.9 Å². The fraction of sp³-hybridized carbons (Fsp3) is 0.562. The summed E-state index contributed by atoms with van der Waals surface area (Å²) in [6.45, 7) is 2.63. The summed E-state index contributed by atoms with van der Waals surface area (Å²) in [7, 11) is -3.73. The van der Waals surface area contributed by atoms with Crippen LogP contribution in [-0.4, -0.2) is 52.2 Å². The second-order valence-electron chi connectivity index (χ2n) is 6.62. The van der Waals surface area contributed by atoms with E-state index in [0.717, 1.165) is 30.5 Å². The summed E-state index contributed by atoms with van der Waals surface area (Å²) < 4.78 is 31.4. The molecule has 1 N–H and O–H groups in total. The normalized spacial score (nSPS) is 21.4. The van der Waals surface area contributed by atoms with Gasteiger partial charge in [-0.3, -0.25) is 4.79 Å². The number of morpholine rings is 1. The molecule has 4 rings (SSSR count). The molecule has 3 aliphatic rings. The largest absolute Gasteiger partial charge is 0.379 e. The average Bonchev–Trinajstić information content (AvgIpc) is 3.34. The molecule has 0 unspecified atom stereocenters. The molecule has 0 radical (unpaired) electrons. The number of benzene rings is 1. The van der Waals surface area contributed by atoms with Crippen LogP contribution < -0.4 is 9.73 Å². The molecule has 0 atom stereocenters. The van der Waals surface area contributed by atoms with Gasteiger partial charge in [0, 0.05) is 35.7 Å². The van der Waals surface area contributed by atoms with Crippen molar-refractivity contribution in [2.24, 2.45) is 5.92 Å². The second kappa shape index (κ2) is 6.62. The van der Waals surface area contributed by atoms with E-state index in [4.69, 9.17) is 4.74 Å². The van der Waals surface area contributed by atoms with Crippen LogP contribution in [0.3, 0.4) is 0 Å². The van der Waals surface area contributed by atoms with E-state index >= 15 is 0 Å². The third-order valence-electron chi connectivity index (χ3n) is 4.77. The Kier molecular flexibility index (Phi) is 4.61. The summed E-state index contributed by atoms with van der Waals surface area (Å²) in [5.74, 6) is 0.228. The Morgan fingerprint density at radius 2 is 1.92 bits per heavy atom. The first-order valence-corrected chi connectivity index (χ1v) is 10.7. The highest BCUT2D eigenvalue weighted by atomic mass is 79.9. The molecule has 1 saturated carbocycles. The van der Waals surface area contributed by atoms with Gasteiger partial charge in [0.05, 0.1) is 18.1 Å². The number of ether oxygens (including phenoxy) is 1. The maximum absolute atomic E-state index is 12.8. The Labute approximate surface area is 155 Å². The highest BCUT2D eigenvalue weighted by molar-refractivity contribution is 9.10. The van der Waals surface area contributed by atoms with Gasteiger partial charge in [0.2, 0.25) is 5.91 Å². The van der Waals surface area contributed by atoms with Crippen LogP contribution in [0.4, 0.5) is 5.69 Å². The van der Waals surface area contributed by atoms with E-state index < -0.39 is 10.0 Å². The van der Waals surface area contributed by atoms with Gasteiger partial charge in [-0.1, -0.05) is 0 Å². The maximum atomic E-state index is 12.8. The molecule has 9 heteroatoms. The maximum Gasteiger partial charge on any atom is 0.254 e. The van der Waals surface area contributed by atoms with Crippen molar-refractivity contribution in [1.29, 1.82) is 0 Å². The van der Waals surface area contributed by atoms with Gasteiger partial charge in [0.25, 0.3) is 10.0 Å². The minimum atomic E-state index is -3.73. The molecule has 0 aromatic heterocycles. The molecule has 2 aliphatic heterocycles. The number of carbonyl (C=O) groups excluding carboxylic acids is 1. The number of hydrogen-bond donors (Lipinski definition) is 1. The molecule has 7 nitrogen and oxygen atoms in total. The molecule has 1 aromatic carbocycles. The van der Waals surface area contributed by atoms with Crippen LogP contribution in [0.1, 0.15) is 18.4 Å². The number of fused-ring (bicyclic) bond motifs is 1. The molecule has 1 amide bonds. The van der Waals surface area contributed by atoms with E-state index in [-0.39, 0.29) is 16.7 Å². The summed E-state index contributed by atoms with van der Waals surface area (Å²) in [5.41, 5.74) is 1.73. The van der Waals surface area contributed by atoms with E-state index in [1.54, 1.807) is 16.0 Å². The number of nitrogens with zero attached hydrogens (tertiary/aromatic N) is 2. The Bertz CT molecular complexity index is 804. The van der Waals surface area contributed by atoms with E-state index in [1.165, 1.54) is 0 Å². The van der Waals surface area contributed by atoms with Crippen LogP contribution in [0, 0.1) is 5.92 Å². The molecular weight excluding hydrogens is 410 g/mol. The number of amides is 1. The third kappa shape index (κ3) is 3.48. The van der Waals surface area contributed by atoms with Crippen molar-refractivity contribution in [3.8, 4) is 0 Å². The standard InChI is InChI=1S/C16H20BrN3O4S/c17-13-9-12-3-4-20(16(21)11-1-2-11)14(12)10-15(13)25(22,23)18-19-5-7-24-8-6-19/h9-11,18H,1-8H2. The number of hydrogen-bond acceptors (Lipinski definition) is 5. The lowest BCUT2D eigenvalue weighted by atomic mass is 10.2. The summed E-state index contributed by atoms with van der Waals surface area (Å²) in [6.07, 6.45) is 2.62. The van der Waals surface area contributed by atoms with Crippen molar-refractivity contribution in [1.82, 2.24) is 9.84 Å². The molecule has 1 saturated heterocycles. The first kappa shape index (κ1) is 17.4. The Morgan fingerprint density at radius 3 is 2.60 bits per heavy atom. The molecule has 0 spiro atoms. The summed E-state index contributed by atoms with van der Waals surface area (Å²) >= 11 is 3.38. The Balaban J connectivity index is 1.63. The first-order valence-electron chi connectivity index (χ1n) is 8.44. The zero-order chi connectivity index (χ0) is 17.6. The van der Waals surface area contributed by atoms with Crippen molar-refractivity contribution in [3.05, 3.63) is 22.2 Å². The third-order valence-corrected chi connectivity index (χ3v) is 7.11. The average molecular weight is 430 g/mol. The Morgan fingerprint density at radius 1 is 1.20 bits per heavy atom. The summed E-state index contributed by atoms with van der Waals surface area (Å²) in [4.78, 5) is 17.0. The smallest absolute Gasteiger partial charge is 0.254 e. The summed E-state index contributed by atoms with van der Waals surface area (Å²) in [6, 6.07) is 3.44. The Hall–Kier alpha value is -1.00. The molecule has 25 heavy (non-hydrogen) atoms. The van der Waals surface area contributed by atoms with Crippen LogP contribution in [0.5, 0.6) is 0 Å². The molecule has 2 fully saturated rings. The predicted octanol–water partition coefficient (Wildman–Crippen LogP) is 1.27. The lowest BCUT2D eigenvalue weighted by Gasteiger charge is -2.27. The van der Waals surface area contributed by atoms with Gasteiger partial charge in [-0.15, -0.1) is 4.83 Å². The lowest BCUT2D eigenvalue weighted by molar-refractivity contribution is -0.119. The van der Waals surface area contributed by atoms with E-state index in [1.807, 2.05) is 6.07 Å². The van der Waals surface area contributed by atoms with Gasteiger partial charge in [-0.2, -0.15) is 0 Å². The van der Waals surface area contributed by atoms with E-state index in [0.29, 0.717) is 37.3 Å². The predicted molar refractivity (Wildman–Crippen MR) is 95.6 cm³/mol. The molecular formula is C16H20BrN3O4S. The van der Waals surface area contributed by atoms with Gasteiger partial charge in [-0.25, -0.2) is 13.4 Å². The fourth-order valence-electron chi connectivity index (χ4n) is 3.25. The number of rotatable bonds is 4. The fourth-order valence-corrected chi connectivity index (χ4v) is 5.48. The quantitative estimate of drug-likeness (QED) is 0.779. The zero-order valence-corrected chi connectivity index (χ0v) is 16.1. The van der Waals surface area contributed by atoms with Crippen molar-refractivity contribution in [2.45, 2.75) is 24.2 Å². The highest BCUT2D eigenvalue weighted by Gasteiger charge is 2.37. The SMILES string of the molecule is O=C(C1CC1)N1CCc2cc(Br)c(S(=O)(=O)NN3CCOCC3)cc21. The highest BCUT2D eigenvalue weighted by Crippen LogP contribution is 2.39. The first-order chi connectivity index (χ1) is 12.0. The number of hydrazine groups is 1. The van der Waals surface area contributed by atoms with Crippen LogP contribution in [0.15, 0.2) is 21.5 Å². The minimum Gasteiger partial charge on any atom is -0.379 e. The van der Waals surface area contributed by atoms with E-state index in [9.17, 15) is 13.2 Å². The molecule has 1 aromatic rings. The number of sulfonamides is 1. The van der Waals surface area contributed by atoms with Gasteiger partial charge < -0.3 is 9.64 Å². The van der Waals surface area contributed by atoms with Crippen LogP contribution in [-0.2, 0) is 26.0 Å². The number of nitrogens with one attached hydrogen (secondary N) is 1.